The highest BCUT2D eigenvalue weighted by Gasteiger charge is 2.73. The van der Waals surface area contributed by atoms with Crippen LogP contribution in [0.3, 0.4) is 0 Å². The molecule has 2 amide bonds. The number of amides is 2. The standard InChI is InChI=1S/C30H37F3N4O3/c1-26(2,3)40-25(39)36-29-15-28(16-29,17-29)24(38)37(6)23(30(31,32)33)21-12-11-19(14-34-21)35-22-13-18-9-7-8-10-20(18)27(22,4)5/h7-12,14,22-23,35H,13,15-17H2,1-6H3,(H,36,39)/t22-,23-,28?,29?/m0/s1. The zero-order valence-electron chi connectivity index (χ0n) is 23.8. The summed E-state index contributed by atoms with van der Waals surface area (Å²) in [5.74, 6) is -0.586. The van der Waals surface area contributed by atoms with Crippen LogP contribution in [0.5, 0.6) is 0 Å². The van der Waals surface area contributed by atoms with E-state index in [0.29, 0.717) is 24.9 Å². The monoisotopic (exact) mass is 558 g/mol. The fourth-order valence-electron chi connectivity index (χ4n) is 6.82. The van der Waals surface area contributed by atoms with Crippen LogP contribution in [-0.4, -0.2) is 52.3 Å². The number of nitrogens with zero attached hydrogens (tertiary/aromatic N) is 2. The number of alkyl halides is 3. The minimum atomic E-state index is -4.71. The molecule has 10 heteroatoms. The molecule has 1 aromatic carbocycles. The van der Waals surface area contributed by atoms with E-state index in [-0.39, 0.29) is 17.2 Å². The van der Waals surface area contributed by atoms with Crippen LogP contribution in [0.1, 0.15) is 76.7 Å². The number of alkyl carbamates (subject to hydrolysis) is 1. The molecule has 4 aliphatic rings. The van der Waals surface area contributed by atoms with Gasteiger partial charge in [0.1, 0.15) is 5.60 Å². The Kier molecular flexibility index (Phi) is 6.43. The molecule has 2 atom stereocenters. The average Bonchev–Trinajstić information content (AvgIpc) is 3.03. The number of benzene rings is 1. The normalized spacial score (nSPS) is 27.0. The van der Waals surface area contributed by atoms with Gasteiger partial charge in [0.25, 0.3) is 0 Å². The number of rotatable bonds is 6. The molecule has 1 aromatic heterocycles. The van der Waals surface area contributed by atoms with Crippen LogP contribution >= 0.6 is 0 Å². The van der Waals surface area contributed by atoms with Crippen LogP contribution in [0.2, 0.25) is 0 Å². The summed E-state index contributed by atoms with van der Waals surface area (Å²) in [6.45, 7) is 9.54. The SMILES string of the molecule is CN(C(=O)C12CC(NC(=O)OC(C)(C)C)(C1)C2)[C@@H](c1ccc(N[C@H]2Cc3ccccc3C2(C)C)cn1)C(F)(F)F. The number of nitrogens with one attached hydrogen (secondary N) is 2. The second-order valence-electron chi connectivity index (χ2n) is 13.3. The number of halogens is 3. The van der Waals surface area contributed by atoms with Crippen LogP contribution in [0.15, 0.2) is 42.6 Å². The van der Waals surface area contributed by atoms with Gasteiger partial charge in [-0.1, -0.05) is 38.1 Å². The maximum Gasteiger partial charge on any atom is 0.414 e. The van der Waals surface area contributed by atoms with Crippen molar-refractivity contribution in [1.29, 1.82) is 0 Å². The lowest BCUT2D eigenvalue weighted by atomic mass is 9.39. The maximum absolute atomic E-state index is 14.3. The minimum Gasteiger partial charge on any atom is -0.444 e. The fourth-order valence-corrected chi connectivity index (χ4v) is 6.82. The number of hydrogen-bond acceptors (Lipinski definition) is 5. The second-order valence-corrected chi connectivity index (χ2v) is 13.3. The topological polar surface area (TPSA) is 83.6 Å². The zero-order valence-corrected chi connectivity index (χ0v) is 23.8. The van der Waals surface area contributed by atoms with Gasteiger partial charge in [-0.2, -0.15) is 13.2 Å². The third kappa shape index (κ3) is 4.90. The summed E-state index contributed by atoms with van der Waals surface area (Å²) in [5, 5.41) is 6.25. The van der Waals surface area contributed by atoms with Crippen molar-refractivity contribution in [2.45, 2.75) is 95.1 Å². The van der Waals surface area contributed by atoms with E-state index >= 15 is 0 Å². The summed E-state index contributed by atoms with van der Waals surface area (Å²) in [7, 11) is 1.18. The Bertz CT molecular complexity index is 1300. The first-order chi connectivity index (χ1) is 18.4. The summed E-state index contributed by atoms with van der Waals surface area (Å²) < 4.78 is 48.2. The summed E-state index contributed by atoms with van der Waals surface area (Å²) >= 11 is 0. The highest BCUT2D eigenvalue weighted by atomic mass is 19.4. The van der Waals surface area contributed by atoms with Crippen LogP contribution in [-0.2, 0) is 21.4 Å². The molecule has 3 saturated carbocycles. The number of hydrogen-bond donors (Lipinski definition) is 2. The van der Waals surface area contributed by atoms with Crippen LogP contribution < -0.4 is 10.6 Å². The third-order valence-corrected chi connectivity index (χ3v) is 8.68. The van der Waals surface area contributed by atoms with Gasteiger partial charge >= 0.3 is 12.3 Å². The molecule has 1 heterocycles. The number of pyridine rings is 1. The molecule has 6 rings (SSSR count). The van der Waals surface area contributed by atoms with Crippen LogP contribution in [0.4, 0.5) is 23.7 Å². The molecule has 2 N–H and O–H groups in total. The van der Waals surface area contributed by atoms with Gasteiger partial charge in [-0.05, 0) is 69.7 Å². The molecule has 0 unspecified atom stereocenters. The van der Waals surface area contributed by atoms with Gasteiger partial charge < -0.3 is 20.3 Å². The molecule has 2 bridgehead atoms. The molecule has 0 radical (unpaired) electrons. The molecule has 7 nitrogen and oxygen atoms in total. The quantitative estimate of drug-likeness (QED) is 0.461. The molecule has 2 aromatic rings. The van der Waals surface area contributed by atoms with E-state index in [4.69, 9.17) is 4.74 Å². The van der Waals surface area contributed by atoms with Crippen molar-refractivity contribution < 1.29 is 27.5 Å². The molecule has 4 aliphatic carbocycles. The van der Waals surface area contributed by atoms with Gasteiger partial charge in [0, 0.05) is 24.0 Å². The number of aromatic nitrogens is 1. The zero-order chi connectivity index (χ0) is 29.3. The number of anilines is 1. The Morgan fingerprint density at radius 2 is 1.73 bits per heavy atom. The van der Waals surface area contributed by atoms with Crippen molar-refractivity contribution in [2.75, 3.05) is 12.4 Å². The molecule has 3 fully saturated rings. The van der Waals surface area contributed by atoms with E-state index in [0.717, 1.165) is 11.3 Å². The Balaban J connectivity index is 1.25. The van der Waals surface area contributed by atoms with Crippen molar-refractivity contribution in [3.05, 3.63) is 59.4 Å². The molecule has 216 valence electrons. The van der Waals surface area contributed by atoms with Gasteiger partial charge in [-0.25, -0.2) is 4.79 Å². The summed E-state index contributed by atoms with van der Waals surface area (Å²) in [6, 6.07) is 9.05. The van der Waals surface area contributed by atoms with Crippen molar-refractivity contribution in [2.24, 2.45) is 5.41 Å². The van der Waals surface area contributed by atoms with Gasteiger partial charge in [-0.15, -0.1) is 0 Å². The molecule has 40 heavy (non-hydrogen) atoms. The summed E-state index contributed by atoms with van der Waals surface area (Å²) in [5.41, 5.74) is 0.570. The first-order valence-corrected chi connectivity index (χ1v) is 13.6. The van der Waals surface area contributed by atoms with Crippen LogP contribution in [0, 0.1) is 5.41 Å². The van der Waals surface area contributed by atoms with E-state index in [9.17, 15) is 22.8 Å². The van der Waals surface area contributed by atoms with Crippen molar-refractivity contribution in [1.82, 2.24) is 15.2 Å². The first-order valence-electron chi connectivity index (χ1n) is 13.6. The Morgan fingerprint density at radius 3 is 2.27 bits per heavy atom. The van der Waals surface area contributed by atoms with Gasteiger partial charge in [0.15, 0.2) is 6.04 Å². The first kappa shape index (κ1) is 28.2. The Hall–Kier alpha value is -3.30. The van der Waals surface area contributed by atoms with E-state index in [1.807, 2.05) is 12.1 Å². The largest absolute Gasteiger partial charge is 0.444 e. The average molecular weight is 559 g/mol. The lowest BCUT2D eigenvalue weighted by molar-refractivity contribution is -0.215. The van der Waals surface area contributed by atoms with Gasteiger partial charge in [0.2, 0.25) is 5.91 Å². The number of carbonyl (C=O) groups is 2. The van der Waals surface area contributed by atoms with Crippen molar-refractivity contribution in [3.8, 4) is 0 Å². The van der Waals surface area contributed by atoms with Crippen molar-refractivity contribution >= 4 is 17.7 Å². The fraction of sp³-hybridized carbons (Fsp3) is 0.567. The number of ether oxygens (including phenoxy) is 1. The Labute approximate surface area is 232 Å². The van der Waals surface area contributed by atoms with Gasteiger partial charge in [0.05, 0.1) is 23.0 Å². The highest BCUT2D eigenvalue weighted by molar-refractivity contribution is 5.88. The molecular weight excluding hydrogens is 521 g/mol. The molecular formula is C30H37F3N4O3. The van der Waals surface area contributed by atoms with E-state index in [1.165, 1.54) is 30.4 Å². The van der Waals surface area contributed by atoms with Crippen molar-refractivity contribution in [3.63, 3.8) is 0 Å². The minimum absolute atomic E-state index is 0.0612. The lowest BCUT2D eigenvalue weighted by Crippen LogP contribution is -2.78. The Morgan fingerprint density at radius 1 is 1.07 bits per heavy atom. The summed E-state index contributed by atoms with van der Waals surface area (Å²) in [6.07, 6.45) is -2.20. The predicted molar refractivity (Wildman–Crippen MR) is 145 cm³/mol. The summed E-state index contributed by atoms with van der Waals surface area (Å²) in [4.78, 5) is 30.4. The molecule has 0 aliphatic heterocycles. The third-order valence-electron chi connectivity index (χ3n) is 8.68. The van der Waals surface area contributed by atoms with E-state index in [2.05, 4.69) is 41.6 Å². The highest BCUT2D eigenvalue weighted by Crippen LogP contribution is 2.68. The predicted octanol–water partition coefficient (Wildman–Crippen LogP) is 5.91. The number of carbonyl (C=O) groups excluding carboxylic acids is 2. The van der Waals surface area contributed by atoms with E-state index in [1.54, 1.807) is 26.8 Å². The van der Waals surface area contributed by atoms with Gasteiger partial charge in [-0.3, -0.25) is 9.78 Å². The van der Waals surface area contributed by atoms with Crippen LogP contribution in [0.25, 0.3) is 0 Å². The lowest BCUT2D eigenvalue weighted by Gasteiger charge is -2.69. The maximum atomic E-state index is 14.3. The molecule has 0 saturated heterocycles. The smallest absolute Gasteiger partial charge is 0.414 e. The van der Waals surface area contributed by atoms with E-state index < -0.39 is 40.8 Å². The second kappa shape index (κ2) is 9.11. The molecule has 0 spiro atoms. The number of fused-ring (bicyclic) bond motifs is 1.